The molecule has 0 saturated heterocycles. The van der Waals surface area contributed by atoms with Crippen molar-refractivity contribution in [1.29, 1.82) is 0 Å². The number of nitrogens with zero attached hydrogens (tertiary/aromatic N) is 3. The van der Waals surface area contributed by atoms with Gasteiger partial charge >= 0.3 is 0 Å². The molecule has 0 amide bonds. The van der Waals surface area contributed by atoms with Crippen molar-refractivity contribution in [3.8, 4) is 0 Å². The van der Waals surface area contributed by atoms with Crippen LogP contribution in [0.1, 0.15) is 53.4 Å². The van der Waals surface area contributed by atoms with Gasteiger partial charge in [0, 0.05) is 39.5 Å². The van der Waals surface area contributed by atoms with Gasteiger partial charge in [-0.15, -0.1) is 0 Å². The minimum absolute atomic E-state index is 0.00491. The van der Waals surface area contributed by atoms with Crippen molar-refractivity contribution in [2.75, 3.05) is 0 Å². The van der Waals surface area contributed by atoms with Gasteiger partial charge in [0.05, 0.1) is 10.0 Å². The predicted octanol–water partition coefficient (Wildman–Crippen LogP) is 5.37. The topological polar surface area (TPSA) is 56.4 Å². The van der Waals surface area contributed by atoms with Crippen LogP contribution in [0, 0.1) is 20.8 Å². The van der Waals surface area contributed by atoms with Gasteiger partial charge in [-0.25, -0.2) is 9.38 Å². The summed E-state index contributed by atoms with van der Waals surface area (Å²) in [5.41, 5.74) is 6.18. The van der Waals surface area contributed by atoms with Crippen LogP contribution in [0.5, 0.6) is 0 Å². The number of hydrogen-bond donors (Lipinski definition) is 0. The Morgan fingerprint density at radius 1 is 1.03 bits per heavy atom. The fourth-order valence-corrected chi connectivity index (χ4v) is 6.02. The van der Waals surface area contributed by atoms with Crippen molar-refractivity contribution in [1.82, 2.24) is 14.0 Å². The molecule has 0 N–H and O–H groups in total. The van der Waals surface area contributed by atoms with E-state index in [1.807, 2.05) is 57.2 Å². The molecule has 5 aromatic rings. The Bertz CT molecular complexity index is 1780. The third-order valence-corrected chi connectivity index (χ3v) is 7.81. The van der Waals surface area contributed by atoms with Crippen LogP contribution < -0.4 is 15.7 Å². The number of para-hydroxylation sites is 1. The van der Waals surface area contributed by atoms with E-state index in [1.165, 1.54) is 15.7 Å². The molecule has 0 radical (unpaired) electrons. The maximum absolute atomic E-state index is 13.4. The number of fused-ring (bicyclic) bond motifs is 2. The second-order valence-electron chi connectivity index (χ2n) is 9.29. The standard InChI is InChI=1S/C28H26ClN3O2S/c1-15(2)24-17(4)30-28-32(27(24)34)26(33)23(35-28)13-22-18(5)31(14-19-9-11-20(29)12-10-19)25-16(3)7-6-8-21(22)25/h6-13,15H,14H2,1-5H3/b23-13-. The van der Waals surface area contributed by atoms with E-state index in [0.29, 0.717) is 32.3 Å². The fourth-order valence-electron chi connectivity index (χ4n) is 4.90. The van der Waals surface area contributed by atoms with E-state index < -0.39 is 0 Å². The first kappa shape index (κ1) is 23.5. The molecule has 0 saturated carbocycles. The lowest BCUT2D eigenvalue weighted by Gasteiger charge is -2.10. The average Bonchev–Trinajstić information content (AvgIpc) is 3.25. The van der Waals surface area contributed by atoms with Crippen molar-refractivity contribution >= 4 is 44.9 Å². The summed E-state index contributed by atoms with van der Waals surface area (Å²) < 4.78 is 4.01. The monoisotopic (exact) mass is 503 g/mol. The first-order valence-electron chi connectivity index (χ1n) is 11.6. The summed E-state index contributed by atoms with van der Waals surface area (Å²) in [7, 11) is 0. The first-order valence-corrected chi connectivity index (χ1v) is 12.8. The van der Waals surface area contributed by atoms with E-state index in [4.69, 9.17) is 11.6 Å². The zero-order valence-electron chi connectivity index (χ0n) is 20.3. The molecule has 0 fully saturated rings. The normalized spacial score (nSPS) is 12.5. The van der Waals surface area contributed by atoms with Gasteiger partial charge in [-0.1, -0.05) is 67.1 Å². The number of aromatic nitrogens is 3. The van der Waals surface area contributed by atoms with Gasteiger partial charge in [-0.2, -0.15) is 0 Å². The maximum atomic E-state index is 13.4. The number of hydrogen-bond acceptors (Lipinski definition) is 4. The molecule has 5 nitrogen and oxygen atoms in total. The molecular formula is C28H26ClN3O2S. The van der Waals surface area contributed by atoms with Crippen LogP contribution in [0.15, 0.2) is 52.1 Å². The van der Waals surface area contributed by atoms with Crippen LogP contribution in [-0.2, 0) is 6.54 Å². The highest BCUT2D eigenvalue weighted by atomic mass is 35.5. The molecule has 0 aliphatic rings. The second kappa shape index (κ2) is 8.77. The van der Waals surface area contributed by atoms with Gasteiger partial charge < -0.3 is 4.57 Å². The number of halogens is 1. The van der Waals surface area contributed by atoms with Crippen LogP contribution in [0.25, 0.3) is 21.9 Å². The van der Waals surface area contributed by atoms with Gasteiger partial charge in [0.2, 0.25) is 4.96 Å². The van der Waals surface area contributed by atoms with Crippen molar-refractivity contribution in [2.24, 2.45) is 0 Å². The van der Waals surface area contributed by atoms with Gasteiger partial charge in [0.25, 0.3) is 11.1 Å². The van der Waals surface area contributed by atoms with Gasteiger partial charge in [-0.05, 0) is 56.0 Å². The van der Waals surface area contributed by atoms with E-state index in [1.54, 1.807) is 0 Å². The quantitative estimate of drug-likeness (QED) is 0.331. The molecule has 0 atom stereocenters. The zero-order chi connectivity index (χ0) is 25.0. The minimum atomic E-state index is -0.310. The Balaban J connectivity index is 1.77. The summed E-state index contributed by atoms with van der Waals surface area (Å²) in [4.78, 5) is 31.5. The summed E-state index contributed by atoms with van der Waals surface area (Å²) in [6.07, 6.45) is 1.92. The third kappa shape index (κ3) is 3.91. The Morgan fingerprint density at radius 3 is 2.43 bits per heavy atom. The highest BCUT2D eigenvalue weighted by Gasteiger charge is 2.18. The molecule has 7 heteroatoms. The van der Waals surface area contributed by atoms with Crippen LogP contribution in [0.4, 0.5) is 0 Å². The average molecular weight is 504 g/mol. The van der Waals surface area contributed by atoms with Crippen LogP contribution in [0.3, 0.4) is 0 Å². The van der Waals surface area contributed by atoms with Crippen LogP contribution in [0.2, 0.25) is 5.02 Å². The van der Waals surface area contributed by atoms with E-state index in [9.17, 15) is 9.59 Å². The summed E-state index contributed by atoms with van der Waals surface area (Å²) in [6.45, 7) is 10.6. The second-order valence-corrected chi connectivity index (χ2v) is 10.7. The number of benzene rings is 2. The molecule has 2 aromatic carbocycles. The zero-order valence-corrected chi connectivity index (χ0v) is 21.9. The molecule has 0 aliphatic heterocycles. The number of aryl methyl sites for hydroxylation is 2. The van der Waals surface area contributed by atoms with Gasteiger partial charge in [-0.3, -0.25) is 9.59 Å². The highest BCUT2D eigenvalue weighted by molar-refractivity contribution is 7.15. The molecule has 178 valence electrons. The molecule has 5 rings (SSSR count). The molecule has 3 aromatic heterocycles. The molecule has 0 bridgehead atoms. The third-order valence-electron chi connectivity index (χ3n) is 6.59. The predicted molar refractivity (Wildman–Crippen MR) is 145 cm³/mol. The molecule has 35 heavy (non-hydrogen) atoms. The maximum Gasteiger partial charge on any atom is 0.277 e. The van der Waals surface area contributed by atoms with Crippen molar-refractivity contribution in [3.05, 3.63) is 106 Å². The summed E-state index contributed by atoms with van der Waals surface area (Å²) in [5, 5.41) is 1.79. The minimum Gasteiger partial charge on any atom is -0.340 e. The molecule has 0 aliphatic carbocycles. The summed E-state index contributed by atoms with van der Waals surface area (Å²) in [6, 6.07) is 14.1. The number of thiazole rings is 1. The fraction of sp³-hybridized carbons (Fsp3) is 0.250. The Kier molecular flexibility index (Phi) is 5.90. The van der Waals surface area contributed by atoms with E-state index in [-0.39, 0.29) is 17.0 Å². The largest absolute Gasteiger partial charge is 0.340 e. The van der Waals surface area contributed by atoms with Crippen LogP contribution in [-0.4, -0.2) is 14.0 Å². The van der Waals surface area contributed by atoms with Crippen molar-refractivity contribution in [2.45, 2.75) is 47.1 Å². The van der Waals surface area contributed by atoms with Gasteiger partial charge in [0.1, 0.15) is 0 Å². The smallest absolute Gasteiger partial charge is 0.277 e. The molecular weight excluding hydrogens is 478 g/mol. The molecule has 0 unspecified atom stereocenters. The Labute approximate surface area is 211 Å². The van der Waals surface area contributed by atoms with Crippen molar-refractivity contribution < 1.29 is 0 Å². The lowest BCUT2D eigenvalue weighted by atomic mass is 10.0. The van der Waals surface area contributed by atoms with E-state index >= 15 is 0 Å². The lowest BCUT2D eigenvalue weighted by Crippen LogP contribution is -2.33. The van der Waals surface area contributed by atoms with Crippen molar-refractivity contribution in [3.63, 3.8) is 0 Å². The van der Waals surface area contributed by atoms with Crippen LogP contribution >= 0.6 is 22.9 Å². The Morgan fingerprint density at radius 2 is 1.74 bits per heavy atom. The molecule has 0 spiro atoms. The lowest BCUT2D eigenvalue weighted by molar-refractivity contribution is 0.801. The van der Waals surface area contributed by atoms with E-state index in [0.717, 1.165) is 33.3 Å². The van der Waals surface area contributed by atoms with Gasteiger partial charge in [0.15, 0.2) is 0 Å². The highest BCUT2D eigenvalue weighted by Crippen LogP contribution is 2.30. The first-order chi connectivity index (χ1) is 16.7. The summed E-state index contributed by atoms with van der Waals surface area (Å²) in [5.74, 6) is -0.00491. The molecule has 3 heterocycles. The number of rotatable bonds is 4. The Hall–Kier alpha value is -3.22. The SMILES string of the molecule is Cc1nc2s/c(=C\c3c(C)n(Cc4ccc(Cl)cc4)c4c(C)cccc34)c(=O)n2c(=O)c1C(C)C. The van der Waals surface area contributed by atoms with E-state index in [2.05, 4.69) is 35.5 Å². The summed E-state index contributed by atoms with van der Waals surface area (Å²) >= 11 is 7.35.